The molecule has 220 valence electrons. The zero-order chi connectivity index (χ0) is 28.7. The number of aliphatic hydroxyl groups is 1. The van der Waals surface area contributed by atoms with E-state index in [4.69, 9.17) is 13.6 Å². The second-order valence-corrected chi connectivity index (χ2v) is 25.3. The molecule has 3 aliphatic rings. The highest BCUT2D eigenvalue weighted by Crippen LogP contribution is 2.48. The summed E-state index contributed by atoms with van der Waals surface area (Å²) < 4.78 is 19.0. The smallest absolute Gasteiger partial charge is 0.308 e. The summed E-state index contributed by atoms with van der Waals surface area (Å²) in [5.74, 6) is 1.39. The first-order valence-corrected chi connectivity index (χ1v) is 21.0. The van der Waals surface area contributed by atoms with E-state index < -0.39 is 16.6 Å². The van der Waals surface area contributed by atoms with E-state index in [1.165, 1.54) is 5.57 Å². The van der Waals surface area contributed by atoms with Crippen LogP contribution >= 0.6 is 0 Å². The monoisotopic (exact) mass is 566 g/mol. The fourth-order valence-electron chi connectivity index (χ4n) is 6.15. The summed E-state index contributed by atoms with van der Waals surface area (Å²) >= 11 is 0. The standard InChI is InChI=1S/C31H58O5Si2/c1-21-12-13-23-16-22(20-34-37(8,9)30(2,3)4)17-27(32)29(23)26(21)15-14-24-18-25(19-28(33)35-24)36-38(10,11)31(5,6)7/h16,21-22,24-27,29,32H,12-15,17-20H2,1-11H3/t21-,22-,24+,25+,26-,27-,29-/m0/s1. The van der Waals surface area contributed by atoms with Crippen molar-refractivity contribution >= 4 is 22.6 Å². The van der Waals surface area contributed by atoms with Gasteiger partial charge in [0.2, 0.25) is 0 Å². The molecule has 0 radical (unpaired) electrons. The van der Waals surface area contributed by atoms with Crippen molar-refractivity contribution in [3.8, 4) is 0 Å². The summed E-state index contributed by atoms with van der Waals surface area (Å²) in [6.07, 6.45) is 8.04. The van der Waals surface area contributed by atoms with Crippen LogP contribution in [0.5, 0.6) is 0 Å². The van der Waals surface area contributed by atoms with Crippen LogP contribution in [0.15, 0.2) is 11.6 Å². The highest BCUT2D eigenvalue weighted by Gasteiger charge is 2.44. The van der Waals surface area contributed by atoms with Crippen LogP contribution in [0.2, 0.25) is 36.3 Å². The highest BCUT2D eigenvalue weighted by atomic mass is 28.4. The van der Waals surface area contributed by atoms with Crippen molar-refractivity contribution in [2.45, 2.75) is 148 Å². The van der Waals surface area contributed by atoms with Gasteiger partial charge in [-0.05, 0) is 80.2 Å². The number of rotatable bonds is 8. The van der Waals surface area contributed by atoms with Crippen molar-refractivity contribution in [2.75, 3.05) is 6.61 Å². The predicted molar refractivity (Wildman–Crippen MR) is 161 cm³/mol. The van der Waals surface area contributed by atoms with Crippen LogP contribution in [0.1, 0.15) is 93.4 Å². The summed E-state index contributed by atoms with van der Waals surface area (Å²) in [5.41, 5.74) is 1.44. The summed E-state index contributed by atoms with van der Waals surface area (Å²) in [7, 11) is -3.75. The summed E-state index contributed by atoms with van der Waals surface area (Å²) in [6, 6.07) is 0. The molecule has 0 aromatic rings. The Morgan fingerprint density at radius 1 is 1.00 bits per heavy atom. The summed E-state index contributed by atoms with van der Waals surface area (Å²) in [4.78, 5) is 12.5. The average molecular weight is 567 g/mol. The third-order valence-corrected chi connectivity index (χ3v) is 19.7. The first-order valence-electron chi connectivity index (χ1n) is 15.2. The van der Waals surface area contributed by atoms with Gasteiger partial charge < -0.3 is 18.7 Å². The molecular weight excluding hydrogens is 509 g/mol. The second-order valence-electron chi connectivity index (χ2n) is 15.7. The lowest BCUT2D eigenvalue weighted by Gasteiger charge is -2.46. The molecular formula is C31H58O5Si2. The first-order chi connectivity index (χ1) is 17.3. The Labute approximate surface area is 235 Å². The second kappa shape index (κ2) is 11.8. The minimum absolute atomic E-state index is 0.0386. The molecule has 3 rings (SSSR count). The molecule has 1 saturated heterocycles. The Morgan fingerprint density at radius 3 is 2.24 bits per heavy atom. The third kappa shape index (κ3) is 7.62. The fourth-order valence-corrected chi connectivity index (χ4v) is 8.58. The molecule has 0 aromatic heterocycles. The third-order valence-electron chi connectivity index (χ3n) is 10.7. The molecule has 0 unspecified atom stereocenters. The van der Waals surface area contributed by atoms with Crippen molar-refractivity contribution in [1.29, 1.82) is 0 Å². The van der Waals surface area contributed by atoms with E-state index in [2.05, 4.69) is 80.7 Å². The first kappa shape index (κ1) is 32.0. The van der Waals surface area contributed by atoms with Crippen LogP contribution in [-0.2, 0) is 18.4 Å². The van der Waals surface area contributed by atoms with Crippen LogP contribution in [0.4, 0.5) is 0 Å². The minimum Gasteiger partial charge on any atom is -0.462 e. The van der Waals surface area contributed by atoms with Crippen molar-refractivity contribution in [3.05, 3.63) is 11.6 Å². The van der Waals surface area contributed by atoms with Gasteiger partial charge in [0.15, 0.2) is 16.6 Å². The molecule has 1 aliphatic heterocycles. The number of aliphatic hydroxyl groups excluding tert-OH is 1. The van der Waals surface area contributed by atoms with Crippen LogP contribution < -0.4 is 0 Å². The van der Waals surface area contributed by atoms with Gasteiger partial charge in [-0.15, -0.1) is 0 Å². The van der Waals surface area contributed by atoms with Crippen molar-refractivity contribution in [3.63, 3.8) is 0 Å². The normalized spacial score (nSPS) is 33.4. The van der Waals surface area contributed by atoms with Crippen LogP contribution in [0.25, 0.3) is 0 Å². The van der Waals surface area contributed by atoms with Gasteiger partial charge in [0.05, 0.1) is 18.6 Å². The van der Waals surface area contributed by atoms with Crippen LogP contribution in [0, 0.1) is 23.7 Å². The largest absolute Gasteiger partial charge is 0.462 e. The number of fused-ring (bicyclic) bond motifs is 1. The Hall–Kier alpha value is -0.476. The SMILES string of the molecule is C[C@H]1CCC2=C[C@H](CO[Si](C)(C)C(C)(C)C)C[C@H](O)[C@@H]2[C@H]1CC[C@@H]1C[C@@H](O[Si](C)(C)C(C)(C)C)CC(=O)O1. The van der Waals surface area contributed by atoms with Gasteiger partial charge >= 0.3 is 5.97 Å². The maximum Gasteiger partial charge on any atom is 0.308 e. The number of esters is 1. The van der Waals surface area contributed by atoms with Crippen LogP contribution in [0.3, 0.4) is 0 Å². The Kier molecular flexibility index (Phi) is 9.94. The van der Waals surface area contributed by atoms with Gasteiger partial charge in [-0.3, -0.25) is 4.79 Å². The number of hydrogen-bond acceptors (Lipinski definition) is 5. The zero-order valence-electron chi connectivity index (χ0n) is 26.4. The number of carbonyl (C=O) groups is 1. The van der Waals surface area contributed by atoms with E-state index in [1.807, 2.05) is 0 Å². The molecule has 0 amide bonds. The highest BCUT2D eigenvalue weighted by molar-refractivity contribution is 6.74. The molecule has 38 heavy (non-hydrogen) atoms. The number of hydrogen-bond donors (Lipinski definition) is 1. The molecule has 1 saturated carbocycles. The van der Waals surface area contributed by atoms with Gasteiger partial charge in [-0.2, -0.15) is 0 Å². The molecule has 2 fully saturated rings. The molecule has 1 heterocycles. The van der Waals surface area contributed by atoms with Gasteiger partial charge in [-0.25, -0.2) is 0 Å². The average Bonchev–Trinajstić information content (AvgIpc) is 2.75. The van der Waals surface area contributed by atoms with E-state index in [-0.39, 0.29) is 40.3 Å². The van der Waals surface area contributed by atoms with Crippen molar-refractivity contribution in [1.82, 2.24) is 0 Å². The molecule has 2 aliphatic carbocycles. The summed E-state index contributed by atoms with van der Waals surface area (Å²) in [6.45, 7) is 25.8. The molecule has 7 heteroatoms. The lowest BCUT2D eigenvalue weighted by molar-refractivity contribution is -0.160. The summed E-state index contributed by atoms with van der Waals surface area (Å²) in [5, 5.41) is 11.7. The molecule has 0 aromatic carbocycles. The Balaban J connectivity index is 1.63. The van der Waals surface area contributed by atoms with E-state index >= 15 is 0 Å². The maximum absolute atomic E-state index is 12.5. The van der Waals surface area contributed by atoms with Gasteiger partial charge in [0.1, 0.15) is 6.10 Å². The molecule has 5 nitrogen and oxygen atoms in total. The number of carbonyl (C=O) groups excluding carboxylic acids is 1. The van der Waals surface area contributed by atoms with Crippen LogP contribution in [-0.4, -0.2) is 52.6 Å². The van der Waals surface area contributed by atoms with Crippen molar-refractivity contribution < 1.29 is 23.5 Å². The lowest BCUT2D eigenvalue weighted by atomic mass is 9.62. The predicted octanol–water partition coefficient (Wildman–Crippen LogP) is 7.85. The quantitative estimate of drug-likeness (QED) is 0.184. The Morgan fingerprint density at radius 2 is 1.63 bits per heavy atom. The molecule has 0 spiro atoms. The molecule has 7 atom stereocenters. The van der Waals surface area contributed by atoms with Crippen molar-refractivity contribution in [2.24, 2.45) is 23.7 Å². The topological polar surface area (TPSA) is 65.0 Å². The minimum atomic E-state index is -1.94. The van der Waals surface area contributed by atoms with Gasteiger partial charge in [-0.1, -0.05) is 60.1 Å². The maximum atomic E-state index is 12.5. The fraction of sp³-hybridized carbons (Fsp3) is 0.903. The Bertz CT molecular complexity index is 853. The molecule has 1 N–H and O–H groups in total. The van der Waals surface area contributed by atoms with E-state index in [9.17, 15) is 9.90 Å². The van der Waals surface area contributed by atoms with Gasteiger partial charge in [0, 0.05) is 24.9 Å². The lowest BCUT2D eigenvalue weighted by Crippen LogP contribution is -2.47. The number of cyclic esters (lactones) is 1. The number of ether oxygens (including phenoxy) is 1. The zero-order valence-corrected chi connectivity index (χ0v) is 28.4. The molecule has 0 bridgehead atoms. The van der Waals surface area contributed by atoms with E-state index in [0.717, 1.165) is 45.1 Å². The van der Waals surface area contributed by atoms with Gasteiger partial charge in [0.25, 0.3) is 0 Å². The van der Waals surface area contributed by atoms with E-state index in [0.29, 0.717) is 24.2 Å². The van der Waals surface area contributed by atoms with E-state index in [1.54, 1.807) is 0 Å².